The van der Waals surface area contributed by atoms with E-state index in [1.165, 1.54) is 12.1 Å². The summed E-state index contributed by atoms with van der Waals surface area (Å²) in [5, 5.41) is 10.3. The summed E-state index contributed by atoms with van der Waals surface area (Å²) in [4.78, 5) is 0. The first kappa shape index (κ1) is 17.3. The maximum absolute atomic E-state index is 13.5. The van der Waals surface area contributed by atoms with E-state index in [-0.39, 0.29) is 0 Å². The van der Waals surface area contributed by atoms with Gasteiger partial charge < -0.3 is 5.11 Å². The fraction of sp³-hybridized carbons (Fsp3) is 0.250. The highest BCUT2D eigenvalue weighted by atomic mass is 19.4. The second-order valence-electron chi connectivity index (χ2n) is 5.12. The highest BCUT2D eigenvalue weighted by Crippen LogP contribution is 2.48. The Balaban J connectivity index is 2.78. The number of hydrogen-bond donors (Lipinski definition) is 1. The lowest BCUT2D eigenvalue weighted by atomic mass is 9.82. The molecule has 0 aliphatic carbocycles. The molecule has 1 nitrogen and oxygen atoms in total. The van der Waals surface area contributed by atoms with Gasteiger partial charge in [0.05, 0.1) is 5.56 Å². The summed E-state index contributed by atoms with van der Waals surface area (Å²) in [5.74, 6) is 0. The van der Waals surface area contributed by atoms with Crippen LogP contribution in [0.25, 0.3) is 0 Å². The van der Waals surface area contributed by atoms with Crippen LogP contribution in [0.1, 0.15) is 22.3 Å². The van der Waals surface area contributed by atoms with Crippen LogP contribution in [0.3, 0.4) is 0 Å². The summed E-state index contributed by atoms with van der Waals surface area (Å²) in [7, 11) is 0. The van der Waals surface area contributed by atoms with Crippen molar-refractivity contribution in [2.24, 2.45) is 0 Å². The van der Waals surface area contributed by atoms with Crippen molar-refractivity contribution in [2.45, 2.75) is 24.9 Å². The molecule has 0 spiro atoms. The zero-order valence-electron chi connectivity index (χ0n) is 11.8. The van der Waals surface area contributed by atoms with Crippen LogP contribution in [0.2, 0.25) is 0 Å². The van der Waals surface area contributed by atoms with Gasteiger partial charge in [-0.25, -0.2) is 0 Å². The minimum Gasteiger partial charge on any atom is -0.372 e. The maximum atomic E-state index is 13.5. The van der Waals surface area contributed by atoms with Crippen molar-refractivity contribution in [1.82, 2.24) is 0 Å². The molecule has 0 saturated carbocycles. The van der Waals surface area contributed by atoms with Crippen LogP contribution in [0.5, 0.6) is 0 Å². The summed E-state index contributed by atoms with van der Waals surface area (Å²) >= 11 is 0. The Hall–Kier alpha value is -2.02. The molecule has 0 aliphatic heterocycles. The number of hydrogen-bond acceptors (Lipinski definition) is 1. The van der Waals surface area contributed by atoms with Crippen molar-refractivity contribution in [3.8, 4) is 0 Å². The van der Waals surface area contributed by atoms with E-state index >= 15 is 0 Å². The van der Waals surface area contributed by atoms with Gasteiger partial charge in [0.1, 0.15) is 0 Å². The molecule has 2 aromatic rings. The van der Waals surface area contributed by atoms with Gasteiger partial charge in [0.2, 0.25) is 5.60 Å². The molecule has 0 bridgehead atoms. The number of aryl methyl sites for hydroxylation is 1. The Morgan fingerprint density at radius 3 is 1.65 bits per heavy atom. The van der Waals surface area contributed by atoms with Gasteiger partial charge in [-0.3, -0.25) is 0 Å². The Kier molecular flexibility index (Phi) is 4.19. The summed E-state index contributed by atoms with van der Waals surface area (Å²) in [5.41, 5.74) is -6.59. The third-order valence-corrected chi connectivity index (χ3v) is 3.50. The van der Waals surface area contributed by atoms with Crippen molar-refractivity contribution in [2.75, 3.05) is 0 Å². The first-order chi connectivity index (χ1) is 10.5. The summed E-state index contributed by atoms with van der Waals surface area (Å²) in [6.45, 7) is 1.61. The molecule has 1 N–H and O–H groups in total. The second-order valence-corrected chi connectivity index (χ2v) is 5.12. The maximum Gasteiger partial charge on any atom is 0.425 e. The molecule has 0 radical (unpaired) electrons. The zero-order valence-corrected chi connectivity index (χ0v) is 11.8. The summed E-state index contributed by atoms with van der Waals surface area (Å²) < 4.78 is 79.8. The molecule has 23 heavy (non-hydrogen) atoms. The molecule has 7 heteroatoms. The topological polar surface area (TPSA) is 20.2 Å². The van der Waals surface area contributed by atoms with Crippen LogP contribution >= 0.6 is 0 Å². The predicted octanol–water partition coefficient (Wildman–Crippen LogP) is 4.81. The lowest BCUT2D eigenvalue weighted by Crippen LogP contribution is -2.44. The third-order valence-electron chi connectivity index (χ3n) is 3.50. The van der Waals surface area contributed by atoms with E-state index in [9.17, 15) is 31.4 Å². The highest BCUT2D eigenvalue weighted by Gasteiger charge is 2.58. The lowest BCUT2D eigenvalue weighted by Gasteiger charge is -2.33. The second kappa shape index (κ2) is 5.56. The number of aliphatic hydroxyl groups is 1. The van der Waals surface area contributed by atoms with Crippen LogP contribution in [-0.2, 0) is 11.8 Å². The lowest BCUT2D eigenvalue weighted by molar-refractivity contribution is -0.250. The molecule has 0 amide bonds. The minimum atomic E-state index is -5.33. The van der Waals surface area contributed by atoms with Crippen LogP contribution in [0.4, 0.5) is 26.3 Å². The van der Waals surface area contributed by atoms with Crippen LogP contribution in [0.15, 0.2) is 48.5 Å². The minimum absolute atomic E-state index is 0.514. The molecular weight excluding hydrogens is 322 g/mol. The molecule has 1 unspecified atom stereocenters. The number of alkyl halides is 6. The monoisotopic (exact) mass is 334 g/mol. The third kappa shape index (κ3) is 3.06. The number of halogens is 6. The van der Waals surface area contributed by atoms with Gasteiger partial charge in [0, 0.05) is 5.56 Å². The van der Waals surface area contributed by atoms with Crippen molar-refractivity contribution in [3.05, 3.63) is 70.8 Å². The first-order valence-electron chi connectivity index (χ1n) is 6.51. The van der Waals surface area contributed by atoms with Gasteiger partial charge >= 0.3 is 12.4 Å². The molecule has 1 atom stereocenters. The van der Waals surface area contributed by atoms with E-state index in [4.69, 9.17) is 0 Å². The molecule has 0 aliphatic rings. The van der Waals surface area contributed by atoms with Gasteiger partial charge in [0.15, 0.2) is 0 Å². The average Bonchev–Trinajstić information content (AvgIpc) is 2.45. The predicted molar refractivity (Wildman–Crippen MR) is 71.7 cm³/mol. The normalized spacial score (nSPS) is 15.3. The molecule has 0 saturated heterocycles. The molecule has 0 heterocycles. The van der Waals surface area contributed by atoms with Gasteiger partial charge in [0.25, 0.3) is 0 Å². The van der Waals surface area contributed by atoms with E-state index in [1.807, 2.05) is 0 Å². The zero-order chi connectivity index (χ0) is 17.5. The quantitative estimate of drug-likeness (QED) is 0.781. The molecule has 0 aromatic heterocycles. The van der Waals surface area contributed by atoms with E-state index in [0.29, 0.717) is 17.7 Å². The van der Waals surface area contributed by atoms with E-state index in [2.05, 4.69) is 0 Å². The molecular formula is C16H12F6O. The highest BCUT2D eigenvalue weighted by molar-refractivity contribution is 5.44. The SMILES string of the molecule is Cc1ccc(C(O)(c2ccccc2C(F)(F)F)C(F)(F)F)cc1. The molecule has 2 aromatic carbocycles. The van der Waals surface area contributed by atoms with Crippen molar-refractivity contribution >= 4 is 0 Å². The van der Waals surface area contributed by atoms with E-state index in [0.717, 1.165) is 24.3 Å². The average molecular weight is 334 g/mol. The Morgan fingerprint density at radius 1 is 0.739 bits per heavy atom. The summed E-state index contributed by atoms with van der Waals surface area (Å²) in [6, 6.07) is 7.67. The molecule has 0 fully saturated rings. The van der Waals surface area contributed by atoms with E-state index in [1.54, 1.807) is 6.92 Å². The fourth-order valence-corrected chi connectivity index (χ4v) is 2.31. The summed E-state index contributed by atoms with van der Waals surface area (Å²) in [6.07, 6.45) is -10.4. The number of rotatable bonds is 2. The Labute approximate surface area is 128 Å². The first-order valence-corrected chi connectivity index (χ1v) is 6.51. The van der Waals surface area contributed by atoms with Crippen molar-refractivity contribution in [3.63, 3.8) is 0 Å². The van der Waals surface area contributed by atoms with Crippen molar-refractivity contribution < 1.29 is 31.4 Å². The van der Waals surface area contributed by atoms with Crippen LogP contribution in [-0.4, -0.2) is 11.3 Å². The van der Waals surface area contributed by atoms with Crippen LogP contribution in [0, 0.1) is 6.92 Å². The van der Waals surface area contributed by atoms with Gasteiger partial charge in [-0.1, -0.05) is 48.0 Å². The molecule has 2 rings (SSSR count). The van der Waals surface area contributed by atoms with Gasteiger partial charge in [-0.2, -0.15) is 26.3 Å². The van der Waals surface area contributed by atoms with E-state index < -0.39 is 34.6 Å². The standard InChI is InChI=1S/C16H12F6O/c1-10-6-8-11(9-7-10)14(23,16(20,21)22)12-4-2-3-5-13(12)15(17,18)19/h2-9,23H,1H3. The smallest absolute Gasteiger partial charge is 0.372 e. The number of benzene rings is 2. The Morgan fingerprint density at radius 2 is 1.22 bits per heavy atom. The van der Waals surface area contributed by atoms with Crippen LogP contribution < -0.4 is 0 Å². The van der Waals surface area contributed by atoms with Gasteiger partial charge in [-0.15, -0.1) is 0 Å². The largest absolute Gasteiger partial charge is 0.425 e. The fourth-order valence-electron chi connectivity index (χ4n) is 2.31. The molecule has 124 valence electrons. The van der Waals surface area contributed by atoms with Crippen molar-refractivity contribution in [1.29, 1.82) is 0 Å². The van der Waals surface area contributed by atoms with Gasteiger partial charge in [-0.05, 0) is 18.6 Å². The Bertz CT molecular complexity index is 687.